The molecule has 1 spiro atoms. The fraction of sp³-hybridized carbons (Fsp3) is 0.471. The zero-order chi connectivity index (χ0) is 33.0. The first-order valence-corrected chi connectivity index (χ1v) is 15.3. The topological polar surface area (TPSA) is 158 Å². The molecule has 0 radical (unpaired) electrons. The van der Waals surface area contributed by atoms with Gasteiger partial charge in [-0.2, -0.15) is 0 Å². The average molecular weight is 636 g/mol. The van der Waals surface area contributed by atoms with Crippen molar-refractivity contribution in [2.24, 2.45) is 0 Å². The Morgan fingerprint density at radius 1 is 1.09 bits per heavy atom. The molecule has 6 rings (SSSR count). The van der Waals surface area contributed by atoms with Crippen LogP contribution >= 0.6 is 0 Å². The summed E-state index contributed by atoms with van der Waals surface area (Å²) < 4.78 is 28.3. The summed E-state index contributed by atoms with van der Waals surface area (Å²) in [5.41, 5.74) is 0.0287. The number of carbonyl (C=O) groups is 4. The number of esters is 3. The molecule has 12 nitrogen and oxygen atoms in total. The van der Waals surface area contributed by atoms with Crippen molar-refractivity contribution in [1.82, 2.24) is 4.90 Å². The van der Waals surface area contributed by atoms with Gasteiger partial charge in [0.05, 0.1) is 24.5 Å². The highest BCUT2D eigenvalue weighted by Gasteiger charge is 2.72. The minimum atomic E-state index is -1.94. The number of nitrogens with zero attached hydrogens (tertiary/aromatic N) is 1. The number of Topliss-reactive ketones (excluding diaryl/α,β-unsaturated/α-hetero) is 1. The first-order valence-electron chi connectivity index (χ1n) is 15.3. The molecule has 0 saturated carbocycles. The van der Waals surface area contributed by atoms with E-state index in [1.54, 1.807) is 24.3 Å². The number of rotatable bonds is 10. The molecule has 0 amide bonds. The molecule has 4 aliphatic rings. The van der Waals surface area contributed by atoms with Crippen molar-refractivity contribution in [1.29, 1.82) is 0 Å². The third kappa shape index (κ3) is 4.95. The Balaban J connectivity index is 1.20. The molecule has 244 valence electrons. The van der Waals surface area contributed by atoms with Crippen LogP contribution in [0.4, 0.5) is 0 Å². The van der Waals surface area contributed by atoms with Crippen molar-refractivity contribution in [2.45, 2.75) is 81.0 Å². The van der Waals surface area contributed by atoms with Gasteiger partial charge >= 0.3 is 17.9 Å². The van der Waals surface area contributed by atoms with Crippen LogP contribution in [0.15, 0.2) is 54.3 Å². The molecule has 2 heterocycles. The molecular formula is C34H37NO11. The van der Waals surface area contributed by atoms with Crippen LogP contribution in [0.25, 0.3) is 0 Å². The van der Waals surface area contributed by atoms with Gasteiger partial charge in [-0.05, 0) is 58.0 Å². The smallest absolute Gasteiger partial charge is 0.352 e. The molecule has 46 heavy (non-hydrogen) atoms. The zero-order valence-corrected chi connectivity index (χ0v) is 26.1. The average Bonchev–Trinajstić information content (AvgIpc) is 3.39. The number of carbonyl (C=O) groups excluding carboxylic acids is 4. The van der Waals surface area contributed by atoms with Crippen LogP contribution in [0.3, 0.4) is 0 Å². The maximum atomic E-state index is 13.2. The molecule has 2 aromatic rings. The van der Waals surface area contributed by atoms with E-state index in [-0.39, 0.29) is 23.8 Å². The van der Waals surface area contributed by atoms with Crippen molar-refractivity contribution in [3.05, 3.63) is 71.0 Å². The first-order chi connectivity index (χ1) is 21.9. The lowest BCUT2D eigenvalue weighted by molar-refractivity contribution is -0.177. The summed E-state index contributed by atoms with van der Waals surface area (Å²) in [5.74, 6) is -2.44. The number of ketones is 1. The summed E-state index contributed by atoms with van der Waals surface area (Å²) >= 11 is 0. The van der Waals surface area contributed by atoms with E-state index in [1.807, 2.05) is 19.2 Å². The molecule has 1 fully saturated rings. The largest absolute Gasteiger partial charge is 0.493 e. The number of hydrogen-bond donors (Lipinski definition) is 2. The minimum Gasteiger partial charge on any atom is -0.493 e. The lowest BCUT2D eigenvalue weighted by Crippen LogP contribution is -2.74. The Hall–Kier alpha value is -4.26. The summed E-state index contributed by atoms with van der Waals surface area (Å²) in [6.45, 7) is 3.33. The predicted octanol–water partition coefficient (Wildman–Crippen LogP) is 2.07. The molecular weight excluding hydrogens is 598 g/mol. The second kappa shape index (κ2) is 11.8. The minimum absolute atomic E-state index is 0.125. The predicted molar refractivity (Wildman–Crippen MR) is 160 cm³/mol. The molecule has 0 unspecified atom stereocenters. The van der Waals surface area contributed by atoms with E-state index >= 15 is 0 Å². The fourth-order valence-corrected chi connectivity index (χ4v) is 7.39. The summed E-state index contributed by atoms with van der Waals surface area (Å²) in [6.07, 6.45) is -3.31. The van der Waals surface area contributed by atoms with Gasteiger partial charge in [0.15, 0.2) is 35.6 Å². The number of benzene rings is 2. The number of aliphatic hydroxyl groups excluding tert-OH is 1. The first kappa shape index (κ1) is 31.7. The van der Waals surface area contributed by atoms with Gasteiger partial charge in [0.2, 0.25) is 6.10 Å². The highest BCUT2D eigenvalue weighted by atomic mass is 16.6. The van der Waals surface area contributed by atoms with Crippen LogP contribution in [0.1, 0.15) is 55.9 Å². The molecule has 7 atom stereocenters. The summed E-state index contributed by atoms with van der Waals surface area (Å²) in [6, 6.07) is 11.6. The van der Waals surface area contributed by atoms with Gasteiger partial charge in [0.25, 0.3) is 0 Å². The van der Waals surface area contributed by atoms with Crippen LogP contribution in [0.5, 0.6) is 11.5 Å². The van der Waals surface area contributed by atoms with Gasteiger partial charge in [-0.1, -0.05) is 36.4 Å². The van der Waals surface area contributed by atoms with E-state index in [9.17, 15) is 29.4 Å². The Morgan fingerprint density at radius 2 is 1.83 bits per heavy atom. The van der Waals surface area contributed by atoms with E-state index in [2.05, 4.69) is 4.90 Å². The maximum absolute atomic E-state index is 13.2. The molecule has 0 aromatic heterocycles. The lowest BCUT2D eigenvalue weighted by Gasteiger charge is -2.61. The second-order valence-corrected chi connectivity index (χ2v) is 12.4. The van der Waals surface area contributed by atoms with Gasteiger partial charge in [-0.25, -0.2) is 9.59 Å². The Kier molecular flexibility index (Phi) is 8.16. The normalized spacial score (nSPS) is 27.6. The van der Waals surface area contributed by atoms with Crippen molar-refractivity contribution < 1.29 is 53.1 Å². The highest BCUT2D eigenvalue weighted by Crippen LogP contribution is 2.65. The van der Waals surface area contributed by atoms with E-state index in [0.29, 0.717) is 30.9 Å². The van der Waals surface area contributed by atoms with E-state index in [0.717, 1.165) is 11.1 Å². The van der Waals surface area contributed by atoms with Crippen molar-refractivity contribution in [3.63, 3.8) is 0 Å². The number of piperidine rings is 1. The Morgan fingerprint density at radius 3 is 2.52 bits per heavy atom. The Bertz CT molecular complexity index is 1610. The number of aliphatic hydroxyl groups is 2. The number of likely N-dealkylation sites (tertiary alicyclic amines) is 1. The lowest BCUT2D eigenvalue weighted by atomic mass is 9.50. The number of ether oxygens (including phenoxy) is 5. The van der Waals surface area contributed by atoms with Crippen LogP contribution in [0.2, 0.25) is 0 Å². The van der Waals surface area contributed by atoms with Gasteiger partial charge < -0.3 is 38.8 Å². The van der Waals surface area contributed by atoms with Crippen LogP contribution < -0.4 is 9.47 Å². The van der Waals surface area contributed by atoms with Crippen molar-refractivity contribution in [2.75, 3.05) is 20.7 Å². The summed E-state index contributed by atoms with van der Waals surface area (Å²) in [4.78, 5) is 52.7. The fourth-order valence-electron chi connectivity index (χ4n) is 7.39. The number of likely N-dealkylation sites (N-methyl/N-ethyl adjacent to an activating group) is 1. The molecule has 2 bridgehead atoms. The molecule has 2 aliphatic heterocycles. The van der Waals surface area contributed by atoms with Crippen molar-refractivity contribution in [3.8, 4) is 11.5 Å². The molecule has 12 heteroatoms. The highest BCUT2D eigenvalue weighted by molar-refractivity contribution is 5.87. The van der Waals surface area contributed by atoms with Crippen LogP contribution in [0, 0.1) is 0 Å². The van der Waals surface area contributed by atoms with Crippen LogP contribution in [-0.4, -0.2) is 89.5 Å². The van der Waals surface area contributed by atoms with E-state index in [1.165, 1.54) is 33.1 Å². The number of hydrogen-bond acceptors (Lipinski definition) is 12. The van der Waals surface area contributed by atoms with Crippen LogP contribution in [-0.2, 0) is 45.2 Å². The monoisotopic (exact) mass is 635 g/mol. The van der Waals surface area contributed by atoms with Gasteiger partial charge in [-0.3, -0.25) is 9.59 Å². The van der Waals surface area contributed by atoms with Gasteiger partial charge in [0.1, 0.15) is 5.76 Å². The molecule has 2 aliphatic carbocycles. The third-order valence-corrected chi connectivity index (χ3v) is 9.84. The quantitative estimate of drug-likeness (QED) is 0.290. The molecule has 2 aromatic carbocycles. The molecule has 1 saturated heterocycles. The van der Waals surface area contributed by atoms with Gasteiger partial charge in [0, 0.05) is 23.6 Å². The SMILES string of the molecule is COc1ccc2c3c1O[C@H]1C(OC(=O)[C@@H](O)CC(=O)O[C@H](C(=O)O[C@@H](C)C(C)=O)c4ccccc4)=CC[C@@]4(O)[C@@H](C2)N(C)CC[C@]314. The summed E-state index contributed by atoms with van der Waals surface area (Å²) in [7, 11) is 3.52. The third-order valence-electron chi connectivity index (χ3n) is 9.84. The zero-order valence-electron chi connectivity index (χ0n) is 26.1. The summed E-state index contributed by atoms with van der Waals surface area (Å²) in [5, 5.41) is 23.1. The Labute approximate surface area is 265 Å². The second-order valence-electron chi connectivity index (χ2n) is 12.4. The number of methoxy groups -OCH3 is 1. The van der Waals surface area contributed by atoms with E-state index in [4.69, 9.17) is 23.7 Å². The molecule has 2 N–H and O–H groups in total. The van der Waals surface area contributed by atoms with Crippen molar-refractivity contribution >= 4 is 23.7 Å². The van der Waals surface area contributed by atoms with E-state index < -0.39 is 65.5 Å². The maximum Gasteiger partial charge on any atom is 0.352 e. The van der Waals surface area contributed by atoms with Gasteiger partial charge in [-0.15, -0.1) is 0 Å². The standard InChI is InChI=1S/C34H37NO11/c1-18(36)19(2)43-32(40)28(20-8-6-5-7-9-20)45-26(38)17-22(37)31(39)44-24-12-13-34(41)25-16-21-10-11-23(42-4)29-27(21)33(34,30(24)46-29)14-15-35(25)3/h5-12,19,22,25,28,30,37,41H,13-17H2,1-4H3/t19-,22-,25+,28-,30-,33-,34+/m0/s1.